The lowest BCUT2D eigenvalue weighted by Gasteiger charge is -2.33. The predicted octanol–water partition coefficient (Wildman–Crippen LogP) is 2.14. The van der Waals surface area contributed by atoms with Gasteiger partial charge < -0.3 is 15.4 Å². The van der Waals surface area contributed by atoms with Crippen LogP contribution in [0.25, 0.3) is 0 Å². The number of nitrogens with two attached hydrogens (primary N) is 1. The summed E-state index contributed by atoms with van der Waals surface area (Å²) in [6, 6.07) is 5.43. The van der Waals surface area contributed by atoms with Gasteiger partial charge in [-0.1, -0.05) is 6.92 Å². The second-order valence-electron chi connectivity index (χ2n) is 4.17. The van der Waals surface area contributed by atoms with Gasteiger partial charge in [-0.15, -0.1) is 0 Å². The third kappa shape index (κ3) is 2.56. The maximum atomic E-state index is 12.1. The molecule has 1 aromatic rings. The minimum atomic E-state index is -0.439. The Kier molecular flexibility index (Phi) is 4.01. The highest BCUT2D eigenvalue weighted by atomic mass is 32.2. The first-order valence-corrected chi connectivity index (χ1v) is 7.24. The summed E-state index contributed by atoms with van der Waals surface area (Å²) >= 11 is 1.82. The first-order valence-electron chi connectivity index (χ1n) is 6.08. The molecule has 1 heterocycles. The van der Waals surface area contributed by atoms with Crippen molar-refractivity contribution < 1.29 is 9.53 Å². The number of thioether (sulfide) groups is 1. The van der Waals surface area contributed by atoms with Gasteiger partial charge in [0.15, 0.2) is 6.10 Å². The molecule has 1 unspecified atom stereocenters. The average molecular weight is 266 g/mol. The standard InChI is InChI=1S/C13H18N2O2S/c1-3-18-7-6-15-11-5-4-10(14)8-12(11)17-9(2)13(15)16/h4-5,8-9H,3,6-7,14H2,1-2H3. The zero-order valence-electron chi connectivity index (χ0n) is 10.7. The van der Waals surface area contributed by atoms with Gasteiger partial charge in [-0.05, 0) is 24.8 Å². The van der Waals surface area contributed by atoms with Gasteiger partial charge in [-0.2, -0.15) is 11.8 Å². The second kappa shape index (κ2) is 5.52. The van der Waals surface area contributed by atoms with Gasteiger partial charge in [0.2, 0.25) is 0 Å². The minimum Gasteiger partial charge on any atom is -0.479 e. The van der Waals surface area contributed by atoms with E-state index in [-0.39, 0.29) is 5.91 Å². The molecule has 0 aromatic heterocycles. The van der Waals surface area contributed by atoms with Crippen LogP contribution < -0.4 is 15.4 Å². The number of nitrogen functional groups attached to an aromatic ring is 1. The van der Waals surface area contributed by atoms with Crippen LogP contribution in [0.3, 0.4) is 0 Å². The number of carbonyl (C=O) groups is 1. The molecule has 1 amide bonds. The Morgan fingerprint density at radius 3 is 3.00 bits per heavy atom. The Morgan fingerprint density at radius 2 is 2.28 bits per heavy atom. The summed E-state index contributed by atoms with van der Waals surface area (Å²) in [7, 11) is 0. The van der Waals surface area contributed by atoms with Crippen LogP contribution >= 0.6 is 11.8 Å². The van der Waals surface area contributed by atoms with Gasteiger partial charge in [0.05, 0.1) is 5.69 Å². The van der Waals surface area contributed by atoms with Gasteiger partial charge in [-0.3, -0.25) is 4.79 Å². The summed E-state index contributed by atoms with van der Waals surface area (Å²) in [5, 5.41) is 0. The quantitative estimate of drug-likeness (QED) is 0.670. The molecule has 0 radical (unpaired) electrons. The fourth-order valence-electron chi connectivity index (χ4n) is 1.96. The smallest absolute Gasteiger partial charge is 0.267 e. The van der Waals surface area contributed by atoms with Crippen molar-refractivity contribution in [2.24, 2.45) is 0 Å². The summed E-state index contributed by atoms with van der Waals surface area (Å²) in [6.07, 6.45) is -0.439. The van der Waals surface area contributed by atoms with Crippen molar-refractivity contribution in [3.63, 3.8) is 0 Å². The molecule has 2 rings (SSSR count). The zero-order chi connectivity index (χ0) is 13.1. The van der Waals surface area contributed by atoms with E-state index in [9.17, 15) is 4.79 Å². The first-order chi connectivity index (χ1) is 8.63. The van der Waals surface area contributed by atoms with E-state index < -0.39 is 6.10 Å². The number of rotatable bonds is 4. The molecular formula is C13H18N2O2S. The van der Waals surface area contributed by atoms with E-state index >= 15 is 0 Å². The van der Waals surface area contributed by atoms with E-state index in [1.165, 1.54) is 0 Å². The molecule has 18 heavy (non-hydrogen) atoms. The lowest BCUT2D eigenvalue weighted by molar-refractivity contribution is -0.125. The second-order valence-corrected chi connectivity index (χ2v) is 5.57. The van der Waals surface area contributed by atoms with Crippen molar-refractivity contribution in [1.29, 1.82) is 0 Å². The molecular weight excluding hydrogens is 248 g/mol. The molecule has 1 aliphatic rings. The maximum Gasteiger partial charge on any atom is 0.267 e. The van der Waals surface area contributed by atoms with E-state index in [1.54, 1.807) is 24.0 Å². The van der Waals surface area contributed by atoms with Crippen LogP contribution in [-0.4, -0.2) is 30.1 Å². The predicted molar refractivity (Wildman–Crippen MR) is 76.3 cm³/mol. The van der Waals surface area contributed by atoms with Crippen LogP contribution in [0.2, 0.25) is 0 Å². The van der Waals surface area contributed by atoms with Crippen LogP contribution in [0.4, 0.5) is 11.4 Å². The summed E-state index contributed by atoms with van der Waals surface area (Å²) in [5.74, 6) is 2.70. The van der Waals surface area contributed by atoms with Gasteiger partial charge in [0.25, 0.3) is 5.91 Å². The Bertz CT molecular complexity index is 451. The first kappa shape index (κ1) is 13.1. The maximum absolute atomic E-state index is 12.1. The largest absolute Gasteiger partial charge is 0.479 e. The fraction of sp³-hybridized carbons (Fsp3) is 0.462. The van der Waals surface area contributed by atoms with Gasteiger partial charge >= 0.3 is 0 Å². The highest BCUT2D eigenvalue weighted by Crippen LogP contribution is 2.35. The van der Waals surface area contributed by atoms with Crippen molar-refractivity contribution in [1.82, 2.24) is 0 Å². The van der Waals surface area contributed by atoms with Crippen LogP contribution in [0.1, 0.15) is 13.8 Å². The lowest BCUT2D eigenvalue weighted by Crippen LogP contribution is -2.45. The molecule has 2 N–H and O–H groups in total. The van der Waals surface area contributed by atoms with E-state index in [0.717, 1.165) is 17.2 Å². The fourth-order valence-corrected chi connectivity index (χ4v) is 2.56. The molecule has 0 fully saturated rings. The van der Waals surface area contributed by atoms with Crippen molar-refractivity contribution in [2.75, 3.05) is 28.7 Å². The molecule has 0 bridgehead atoms. The number of ether oxygens (including phenoxy) is 1. The lowest BCUT2D eigenvalue weighted by atomic mass is 10.1. The van der Waals surface area contributed by atoms with Gasteiger partial charge in [0.1, 0.15) is 5.75 Å². The minimum absolute atomic E-state index is 0.0176. The van der Waals surface area contributed by atoms with Crippen molar-refractivity contribution in [2.45, 2.75) is 20.0 Å². The molecule has 1 atom stereocenters. The highest BCUT2D eigenvalue weighted by Gasteiger charge is 2.31. The summed E-state index contributed by atoms with van der Waals surface area (Å²) in [5.41, 5.74) is 7.22. The number of fused-ring (bicyclic) bond motifs is 1. The van der Waals surface area contributed by atoms with Crippen LogP contribution in [0.5, 0.6) is 5.75 Å². The Balaban J connectivity index is 2.24. The third-order valence-electron chi connectivity index (χ3n) is 2.86. The normalized spacial score (nSPS) is 18.4. The molecule has 98 valence electrons. The van der Waals surface area contributed by atoms with E-state index in [0.29, 0.717) is 18.0 Å². The molecule has 0 saturated carbocycles. The molecule has 0 saturated heterocycles. The SMILES string of the molecule is CCSCCN1C(=O)C(C)Oc2cc(N)ccc21. The number of carbonyl (C=O) groups excluding carboxylic acids is 1. The molecule has 0 spiro atoms. The van der Waals surface area contributed by atoms with Crippen LogP contribution in [0, 0.1) is 0 Å². The van der Waals surface area contributed by atoms with Gasteiger partial charge in [-0.25, -0.2) is 0 Å². The molecule has 5 heteroatoms. The summed E-state index contributed by atoms with van der Waals surface area (Å²) in [4.78, 5) is 13.9. The third-order valence-corrected chi connectivity index (χ3v) is 3.74. The average Bonchev–Trinajstić information content (AvgIpc) is 2.34. The van der Waals surface area contributed by atoms with Crippen LogP contribution in [-0.2, 0) is 4.79 Å². The summed E-state index contributed by atoms with van der Waals surface area (Å²) in [6.45, 7) is 4.60. The highest BCUT2D eigenvalue weighted by molar-refractivity contribution is 7.99. The zero-order valence-corrected chi connectivity index (χ0v) is 11.5. The Morgan fingerprint density at radius 1 is 1.50 bits per heavy atom. The summed E-state index contributed by atoms with van der Waals surface area (Å²) < 4.78 is 5.58. The number of amides is 1. The van der Waals surface area contributed by atoms with Crippen molar-refractivity contribution in [3.05, 3.63) is 18.2 Å². The topological polar surface area (TPSA) is 55.6 Å². The van der Waals surface area contributed by atoms with Crippen LogP contribution in [0.15, 0.2) is 18.2 Å². The number of nitrogens with zero attached hydrogens (tertiary/aromatic N) is 1. The van der Waals surface area contributed by atoms with Crippen molar-refractivity contribution >= 4 is 29.0 Å². The monoisotopic (exact) mass is 266 g/mol. The van der Waals surface area contributed by atoms with E-state index in [1.807, 2.05) is 17.8 Å². The number of anilines is 2. The van der Waals surface area contributed by atoms with E-state index in [2.05, 4.69) is 6.92 Å². The molecule has 4 nitrogen and oxygen atoms in total. The molecule has 1 aliphatic heterocycles. The number of hydrogen-bond acceptors (Lipinski definition) is 4. The van der Waals surface area contributed by atoms with Gasteiger partial charge in [0, 0.05) is 24.1 Å². The molecule has 1 aromatic carbocycles. The number of benzene rings is 1. The Hall–Kier alpha value is -1.36. The van der Waals surface area contributed by atoms with E-state index in [4.69, 9.17) is 10.5 Å². The molecule has 0 aliphatic carbocycles. The Labute approximate surface area is 111 Å². The van der Waals surface area contributed by atoms with Crippen molar-refractivity contribution in [3.8, 4) is 5.75 Å². The number of hydrogen-bond donors (Lipinski definition) is 1.